The first kappa shape index (κ1) is 14.8. The highest BCUT2D eigenvalue weighted by atomic mass is 35.5. The second kappa shape index (κ2) is 6.68. The Bertz CT molecular complexity index is 605. The zero-order valence-electron chi connectivity index (χ0n) is 11.0. The maximum absolute atomic E-state index is 6.01. The van der Waals surface area contributed by atoms with Gasteiger partial charge in [0.05, 0.1) is 16.6 Å². The van der Waals surface area contributed by atoms with Crippen molar-refractivity contribution in [2.24, 2.45) is 0 Å². The maximum atomic E-state index is 6.01. The molecule has 106 valence electrons. The molecule has 0 spiro atoms. The largest absolute Gasteiger partial charge is 0.492 e. The van der Waals surface area contributed by atoms with Gasteiger partial charge < -0.3 is 15.8 Å². The standard InChI is InChI=1S/C14H15Cl2N3O/c1-9-3-2-4-10(7-9)20-6-5-18-14-12(16)8-11(15)13(17)19-14/h2-4,7-8H,5-6H2,1H3,(H3,17,18,19). The number of nitrogen functional groups attached to an aromatic ring is 1. The highest BCUT2D eigenvalue weighted by Crippen LogP contribution is 2.27. The fourth-order valence-electron chi connectivity index (χ4n) is 1.65. The number of rotatable bonds is 5. The van der Waals surface area contributed by atoms with Gasteiger partial charge in [0.2, 0.25) is 0 Å². The van der Waals surface area contributed by atoms with E-state index in [4.69, 9.17) is 33.7 Å². The van der Waals surface area contributed by atoms with Crippen LogP contribution in [-0.2, 0) is 0 Å². The van der Waals surface area contributed by atoms with E-state index in [1.165, 1.54) is 0 Å². The molecule has 0 radical (unpaired) electrons. The average molecular weight is 312 g/mol. The molecule has 0 saturated heterocycles. The van der Waals surface area contributed by atoms with Crippen LogP contribution in [0.3, 0.4) is 0 Å². The summed E-state index contributed by atoms with van der Waals surface area (Å²) in [6, 6.07) is 9.43. The van der Waals surface area contributed by atoms with Crippen LogP contribution in [0.4, 0.5) is 11.6 Å². The molecular formula is C14H15Cl2N3O. The number of nitrogens with one attached hydrogen (secondary N) is 1. The van der Waals surface area contributed by atoms with Crippen LogP contribution in [0, 0.1) is 6.92 Å². The molecule has 2 aromatic rings. The van der Waals surface area contributed by atoms with E-state index in [1.807, 2.05) is 31.2 Å². The van der Waals surface area contributed by atoms with Crippen LogP contribution in [0.5, 0.6) is 5.75 Å². The van der Waals surface area contributed by atoms with Gasteiger partial charge in [-0.25, -0.2) is 4.98 Å². The lowest BCUT2D eigenvalue weighted by Crippen LogP contribution is -2.13. The minimum absolute atomic E-state index is 0.248. The topological polar surface area (TPSA) is 60.2 Å². The Hall–Kier alpha value is -1.65. The van der Waals surface area contributed by atoms with Gasteiger partial charge >= 0.3 is 0 Å². The van der Waals surface area contributed by atoms with Crippen LogP contribution in [-0.4, -0.2) is 18.1 Å². The summed E-state index contributed by atoms with van der Waals surface area (Å²) >= 11 is 11.8. The summed E-state index contributed by atoms with van der Waals surface area (Å²) in [5.74, 6) is 1.58. The Balaban J connectivity index is 1.86. The number of halogens is 2. The molecule has 3 N–H and O–H groups in total. The molecule has 1 aromatic carbocycles. The Morgan fingerprint density at radius 2 is 2.05 bits per heavy atom. The third kappa shape index (κ3) is 3.92. The lowest BCUT2D eigenvalue weighted by Gasteiger charge is -2.10. The fraction of sp³-hybridized carbons (Fsp3) is 0.214. The van der Waals surface area contributed by atoms with E-state index in [-0.39, 0.29) is 5.82 Å². The van der Waals surface area contributed by atoms with Crippen LogP contribution in [0.15, 0.2) is 30.3 Å². The number of benzene rings is 1. The van der Waals surface area contributed by atoms with E-state index < -0.39 is 0 Å². The Morgan fingerprint density at radius 1 is 1.25 bits per heavy atom. The summed E-state index contributed by atoms with van der Waals surface area (Å²) in [5.41, 5.74) is 6.79. The number of ether oxygens (including phenoxy) is 1. The highest BCUT2D eigenvalue weighted by Gasteiger charge is 2.06. The van der Waals surface area contributed by atoms with Crippen molar-refractivity contribution in [1.29, 1.82) is 0 Å². The normalized spacial score (nSPS) is 10.3. The molecule has 0 saturated carbocycles. The number of aryl methyl sites for hydroxylation is 1. The molecule has 6 heteroatoms. The summed E-state index contributed by atoms with van der Waals surface area (Å²) < 4.78 is 5.61. The second-order valence-electron chi connectivity index (χ2n) is 4.28. The second-order valence-corrected chi connectivity index (χ2v) is 5.09. The predicted octanol–water partition coefficient (Wildman–Crippen LogP) is 3.77. The summed E-state index contributed by atoms with van der Waals surface area (Å²) in [6.07, 6.45) is 0. The van der Waals surface area contributed by atoms with Crippen LogP contribution in [0.25, 0.3) is 0 Å². The van der Waals surface area contributed by atoms with Crippen LogP contribution in [0.1, 0.15) is 5.56 Å². The van der Waals surface area contributed by atoms with Gasteiger partial charge in [0.15, 0.2) is 0 Å². The zero-order valence-corrected chi connectivity index (χ0v) is 12.5. The van der Waals surface area contributed by atoms with E-state index in [1.54, 1.807) is 6.07 Å². The molecule has 2 rings (SSSR count). The molecule has 0 aliphatic carbocycles. The Kier molecular flexibility index (Phi) is 4.93. The smallest absolute Gasteiger partial charge is 0.147 e. The number of nitrogens with zero attached hydrogens (tertiary/aromatic N) is 1. The molecule has 0 atom stereocenters. The summed E-state index contributed by atoms with van der Waals surface area (Å²) in [7, 11) is 0. The van der Waals surface area contributed by atoms with E-state index in [0.717, 1.165) is 11.3 Å². The molecule has 0 aliphatic heterocycles. The molecule has 4 nitrogen and oxygen atoms in total. The van der Waals surface area contributed by atoms with Crippen molar-refractivity contribution in [3.8, 4) is 5.75 Å². The molecule has 0 aliphatic rings. The van der Waals surface area contributed by atoms with Gasteiger partial charge in [-0.1, -0.05) is 35.3 Å². The summed E-state index contributed by atoms with van der Waals surface area (Å²) in [4.78, 5) is 4.08. The van der Waals surface area contributed by atoms with E-state index in [2.05, 4.69) is 10.3 Å². The van der Waals surface area contributed by atoms with Crippen molar-refractivity contribution in [1.82, 2.24) is 4.98 Å². The molecular weight excluding hydrogens is 297 g/mol. The van der Waals surface area contributed by atoms with Gasteiger partial charge in [-0.3, -0.25) is 0 Å². The zero-order chi connectivity index (χ0) is 14.5. The van der Waals surface area contributed by atoms with Crippen LogP contribution >= 0.6 is 23.2 Å². The third-order valence-electron chi connectivity index (χ3n) is 2.61. The Morgan fingerprint density at radius 3 is 2.80 bits per heavy atom. The predicted molar refractivity (Wildman–Crippen MR) is 83.8 cm³/mol. The third-order valence-corrected chi connectivity index (χ3v) is 3.20. The first-order chi connectivity index (χ1) is 9.56. The van der Waals surface area contributed by atoms with E-state index in [0.29, 0.717) is 29.0 Å². The van der Waals surface area contributed by atoms with Gasteiger partial charge in [-0.05, 0) is 30.7 Å². The van der Waals surface area contributed by atoms with Gasteiger partial charge in [-0.15, -0.1) is 0 Å². The number of nitrogens with two attached hydrogens (primary N) is 1. The molecule has 0 unspecified atom stereocenters. The van der Waals surface area contributed by atoms with Crippen molar-refractivity contribution < 1.29 is 4.74 Å². The Labute approximate surface area is 127 Å². The minimum Gasteiger partial charge on any atom is -0.492 e. The first-order valence-corrected chi connectivity index (χ1v) is 6.86. The minimum atomic E-state index is 0.248. The number of hydrogen-bond donors (Lipinski definition) is 2. The monoisotopic (exact) mass is 311 g/mol. The number of anilines is 2. The van der Waals surface area contributed by atoms with Crippen molar-refractivity contribution in [3.63, 3.8) is 0 Å². The summed E-state index contributed by atoms with van der Waals surface area (Å²) in [5, 5.41) is 3.83. The van der Waals surface area contributed by atoms with Crippen molar-refractivity contribution in [3.05, 3.63) is 45.9 Å². The number of aromatic nitrogens is 1. The van der Waals surface area contributed by atoms with E-state index in [9.17, 15) is 0 Å². The van der Waals surface area contributed by atoms with Gasteiger partial charge in [0.25, 0.3) is 0 Å². The van der Waals surface area contributed by atoms with Gasteiger partial charge in [-0.2, -0.15) is 0 Å². The molecule has 0 amide bonds. The molecule has 0 bridgehead atoms. The van der Waals surface area contributed by atoms with Crippen LogP contribution in [0.2, 0.25) is 10.0 Å². The number of hydrogen-bond acceptors (Lipinski definition) is 4. The quantitative estimate of drug-likeness (QED) is 0.825. The van der Waals surface area contributed by atoms with Crippen molar-refractivity contribution in [2.75, 3.05) is 24.2 Å². The average Bonchev–Trinajstić information content (AvgIpc) is 2.40. The van der Waals surface area contributed by atoms with E-state index >= 15 is 0 Å². The molecule has 1 aromatic heterocycles. The lowest BCUT2D eigenvalue weighted by molar-refractivity contribution is 0.332. The maximum Gasteiger partial charge on any atom is 0.147 e. The SMILES string of the molecule is Cc1cccc(OCCNc2nc(N)c(Cl)cc2Cl)c1. The molecule has 1 heterocycles. The van der Waals surface area contributed by atoms with Crippen molar-refractivity contribution in [2.45, 2.75) is 6.92 Å². The summed E-state index contributed by atoms with van der Waals surface area (Å²) in [6.45, 7) is 3.07. The lowest BCUT2D eigenvalue weighted by atomic mass is 10.2. The van der Waals surface area contributed by atoms with Gasteiger partial charge in [0.1, 0.15) is 24.0 Å². The number of pyridine rings is 1. The van der Waals surface area contributed by atoms with Gasteiger partial charge in [0, 0.05) is 0 Å². The molecule has 20 heavy (non-hydrogen) atoms. The molecule has 0 fully saturated rings. The fourth-order valence-corrected chi connectivity index (χ4v) is 2.07. The van der Waals surface area contributed by atoms with Crippen LogP contribution < -0.4 is 15.8 Å². The first-order valence-electron chi connectivity index (χ1n) is 6.11. The van der Waals surface area contributed by atoms with Crippen molar-refractivity contribution >= 4 is 34.8 Å². The highest BCUT2D eigenvalue weighted by molar-refractivity contribution is 6.37.